The largest absolute Gasteiger partial charge is 0.352 e. The number of hydrogen-bond acceptors (Lipinski definition) is 3. The van der Waals surface area contributed by atoms with Crippen LogP contribution < -0.4 is 10.2 Å². The average Bonchev–Trinajstić information content (AvgIpc) is 3.14. The molecule has 0 aromatic heterocycles. The van der Waals surface area contributed by atoms with Crippen molar-refractivity contribution in [3.63, 3.8) is 0 Å². The minimum absolute atomic E-state index is 0.0218. The number of amides is 3. The van der Waals surface area contributed by atoms with Crippen molar-refractivity contribution >= 4 is 45.8 Å². The lowest BCUT2D eigenvalue weighted by atomic mass is 10.1. The monoisotopic (exact) mass is 505 g/mol. The lowest BCUT2D eigenvalue weighted by molar-refractivity contribution is -0.140. The SMILES string of the molecule is CC[C@H](C)NC(=O)[C@@H](C)N(Cc1cccc(Cl)c1)C(=O)CCCN1C(=O)c2cccc3cccc1c23. The summed E-state index contributed by atoms with van der Waals surface area (Å²) in [6.45, 7) is 6.41. The molecule has 0 saturated heterocycles. The van der Waals surface area contributed by atoms with Gasteiger partial charge in [-0.2, -0.15) is 0 Å². The fraction of sp³-hybridized carbons (Fsp3) is 0.345. The van der Waals surface area contributed by atoms with Crippen molar-refractivity contribution in [1.29, 1.82) is 0 Å². The van der Waals surface area contributed by atoms with Crippen LogP contribution in [0.2, 0.25) is 5.02 Å². The van der Waals surface area contributed by atoms with Crippen LogP contribution in [0.15, 0.2) is 60.7 Å². The van der Waals surface area contributed by atoms with E-state index in [-0.39, 0.29) is 36.7 Å². The molecule has 0 fully saturated rings. The molecule has 0 saturated carbocycles. The summed E-state index contributed by atoms with van der Waals surface area (Å²) in [5, 5.41) is 5.56. The molecule has 1 aliphatic heterocycles. The van der Waals surface area contributed by atoms with Gasteiger partial charge in [-0.25, -0.2) is 0 Å². The molecule has 36 heavy (non-hydrogen) atoms. The first-order valence-corrected chi connectivity index (χ1v) is 12.9. The van der Waals surface area contributed by atoms with E-state index in [0.29, 0.717) is 23.6 Å². The normalized spacial score (nSPS) is 14.1. The molecule has 0 spiro atoms. The Bertz CT molecular complexity index is 1290. The third-order valence-electron chi connectivity index (χ3n) is 6.83. The molecule has 2 atom stereocenters. The summed E-state index contributed by atoms with van der Waals surface area (Å²) < 4.78 is 0. The maximum Gasteiger partial charge on any atom is 0.258 e. The Morgan fingerprint density at radius 3 is 2.50 bits per heavy atom. The van der Waals surface area contributed by atoms with Gasteiger partial charge in [0.05, 0.1) is 5.69 Å². The molecule has 1 N–H and O–H groups in total. The first-order chi connectivity index (χ1) is 17.3. The van der Waals surface area contributed by atoms with Crippen LogP contribution >= 0.6 is 11.6 Å². The second-order valence-electron chi connectivity index (χ2n) is 9.39. The Balaban J connectivity index is 1.46. The topological polar surface area (TPSA) is 69.7 Å². The van der Waals surface area contributed by atoms with E-state index in [9.17, 15) is 14.4 Å². The summed E-state index contributed by atoms with van der Waals surface area (Å²) >= 11 is 6.16. The summed E-state index contributed by atoms with van der Waals surface area (Å²) in [4.78, 5) is 42.7. The van der Waals surface area contributed by atoms with E-state index in [2.05, 4.69) is 5.32 Å². The van der Waals surface area contributed by atoms with Crippen LogP contribution in [0.5, 0.6) is 0 Å². The summed E-state index contributed by atoms with van der Waals surface area (Å²) in [5.41, 5.74) is 2.45. The van der Waals surface area contributed by atoms with Gasteiger partial charge in [0, 0.05) is 41.5 Å². The van der Waals surface area contributed by atoms with Gasteiger partial charge in [0.1, 0.15) is 6.04 Å². The van der Waals surface area contributed by atoms with Crippen LogP contribution in [0.25, 0.3) is 10.8 Å². The lowest BCUT2D eigenvalue weighted by Gasteiger charge is -2.30. The number of hydrogen-bond donors (Lipinski definition) is 1. The Morgan fingerprint density at radius 2 is 1.78 bits per heavy atom. The van der Waals surface area contributed by atoms with Gasteiger partial charge in [0.25, 0.3) is 5.91 Å². The van der Waals surface area contributed by atoms with Crippen molar-refractivity contribution in [2.24, 2.45) is 0 Å². The molecule has 3 amide bonds. The maximum absolute atomic E-state index is 13.4. The molecule has 0 bridgehead atoms. The van der Waals surface area contributed by atoms with Gasteiger partial charge in [0.2, 0.25) is 11.8 Å². The van der Waals surface area contributed by atoms with Crippen molar-refractivity contribution in [3.05, 3.63) is 76.8 Å². The van der Waals surface area contributed by atoms with Crippen molar-refractivity contribution in [2.45, 2.75) is 58.7 Å². The number of benzene rings is 3. The van der Waals surface area contributed by atoms with E-state index < -0.39 is 6.04 Å². The van der Waals surface area contributed by atoms with E-state index in [1.165, 1.54) is 0 Å². The van der Waals surface area contributed by atoms with Crippen molar-refractivity contribution in [1.82, 2.24) is 10.2 Å². The van der Waals surface area contributed by atoms with Crippen LogP contribution in [0.4, 0.5) is 5.69 Å². The number of nitrogens with zero attached hydrogens (tertiary/aromatic N) is 2. The van der Waals surface area contributed by atoms with Gasteiger partial charge < -0.3 is 15.1 Å². The minimum Gasteiger partial charge on any atom is -0.352 e. The van der Waals surface area contributed by atoms with Crippen LogP contribution in [-0.2, 0) is 16.1 Å². The van der Waals surface area contributed by atoms with E-state index in [0.717, 1.165) is 28.4 Å². The van der Waals surface area contributed by atoms with E-state index >= 15 is 0 Å². The first-order valence-electron chi connectivity index (χ1n) is 12.5. The third kappa shape index (κ3) is 5.39. The predicted molar refractivity (Wildman–Crippen MR) is 144 cm³/mol. The second kappa shape index (κ2) is 11.1. The zero-order chi connectivity index (χ0) is 25.8. The lowest BCUT2D eigenvalue weighted by Crippen LogP contribution is -2.49. The van der Waals surface area contributed by atoms with Gasteiger partial charge in [-0.15, -0.1) is 0 Å². The Hall–Kier alpha value is -3.38. The van der Waals surface area contributed by atoms with Crippen molar-refractivity contribution in [2.75, 3.05) is 11.4 Å². The number of anilines is 1. The molecular weight excluding hydrogens is 474 g/mol. The molecule has 1 heterocycles. The van der Waals surface area contributed by atoms with E-state index in [1.807, 2.05) is 68.4 Å². The molecule has 0 unspecified atom stereocenters. The number of rotatable bonds is 10. The van der Waals surface area contributed by atoms with Gasteiger partial charge in [-0.1, -0.05) is 54.9 Å². The fourth-order valence-electron chi connectivity index (χ4n) is 4.61. The summed E-state index contributed by atoms with van der Waals surface area (Å²) in [7, 11) is 0. The highest BCUT2D eigenvalue weighted by molar-refractivity contribution is 6.30. The highest BCUT2D eigenvalue weighted by atomic mass is 35.5. The molecule has 0 radical (unpaired) electrons. The van der Waals surface area contributed by atoms with Crippen molar-refractivity contribution in [3.8, 4) is 0 Å². The number of nitrogens with one attached hydrogen (secondary N) is 1. The number of carbonyl (C=O) groups excluding carboxylic acids is 3. The van der Waals surface area contributed by atoms with Gasteiger partial charge in [-0.3, -0.25) is 14.4 Å². The maximum atomic E-state index is 13.4. The Morgan fingerprint density at radius 1 is 1.06 bits per heavy atom. The van der Waals surface area contributed by atoms with Crippen molar-refractivity contribution < 1.29 is 14.4 Å². The summed E-state index contributed by atoms with van der Waals surface area (Å²) in [6.07, 6.45) is 1.51. The third-order valence-corrected chi connectivity index (χ3v) is 7.07. The zero-order valence-electron chi connectivity index (χ0n) is 21.0. The Labute approximate surface area is 217 Å². The quantitative estimate of drug-likeness (QED) is 0.392. The molecule has 7 heteroatoms. The standard InChI is InChI=1S/C29H32ClN3O3/c1-4-19(2)31-28(35)20(3)33(18-21-9-5-12-23(30)17-21)26(34)15-8-16-32-25-14-7-11-22-10-6-13-24(27(22)25)29(32)36/h5-7,9-14,17,19-20H,4,8,15-16,18H2,1-3H3,(H,31,35)/t19-,20+/m0/s1. The van der Waals surface area contributed by atoms with Crippen LogP contribution in [-0.4, -0.2) is 41.2 Å². The molecule has 188 valence electrons. The fourth-order valence-corrected chi connectivity index (χ4v) is 4.83. The predicted octanol–water partition coefficient (Wildman–Crippen LogP) is 5.57. The van der Waals surface area contributed by atoms with Crippen LogP contribution in [0, 0.1) is 0 Å². The molecule has 4 rings (SSSR count). The molecule has 3 aromatic carbocycles. The highest BCUT2D eigenvalue weighted by Crippen LogP contribution is 2.37. The minimum atomic E-state index is -0.642. The molecule has 6 nitrogen and oxygen atoms in total. The van der Waals surface area contributed by atoms with Gasteiger partial charge in [-0.05, 0) is 61.9 Å². The second-order valence-corrected chi connectivity index (χ2v) is 9.82. The summed E-state index contributed by atoms with van der Waals surface area (Å²) in [5.74, 6) is -0.355. The number of halogens is 1. The smallest absolute Gasteiger partial charge is 0.258 e. The zero-order valence-corrected chi connectivity index (χ0v) is 21.7. The van der Waals surface area contributed by atoms with E-state index in [1.54, 1.807) is 22.8 Å². The molecule has 1 aliphatic rings. The summed E-state index contributed by atoms with van der Waals surface area (Å²) in [6, 6.07) is 18.3. The Kier molecular flexibility index (Phi) is 7.94. The van der Waals surface area contributed by atoms with E-state index in [4.69, 9.17) is 11.6 Å². The number of carbonyl (C=O) groups is 3. The van der Waals surface area contributed by atoms with Gasteiger partial charge in [0.15, 0.2) is 0 Å². The van der Waals surface area contributed by atoms with Crippen LogP contribution in [0.1, 0.15) is 56.0 Å². The molecule has 3 aromatic rings. The van der Waals surface area contributed by atoms with Gasteiger partial charge >= 0.3 is 0 Å². The average molecular weight is 506 g/mol. The highest BCUT2D eigenvalue weighted by Gasteiger charge is 2.30. The first kappa shape index (κ1) is 25.7. The molecule has 0 aliphatic carbocycles. The molecular formula is C29H32ClN3O3. The van der Waals surface area contributed by atoms with Crippen LogP contribution in [0.3, 0.4) is 0 Å².